The van der Waals surface area contributed by atoms with E-state index in [1.807, 2.05) is 6.92 Å². The zero-order valence-corrected chi connectivity index (χ0v) is 14.4. The van der Waals surface area contributed by atoms with Crippen molar-refractivity contribution in [1.29, 1.82) is 0 Å². The number of rotatable bonds is 5. The number of anilines is 1. The van der Waals surface area contributed by atoms with Gasteiger partial charge in [0.05, 0.1) is 16.8 Å². The van der Waals surface area contributed by atoms with Gasteiger partial charge in [-0.3, -0.25) is 0 Å². The van der Waals surface area contributed by atoms with E-state index in [0.717, 1.165) is 28.1 Å². The lowest BCUT2D eigenvalue weighted by atomic mass is 10.1. The van der Waals surface area contributed by atoms with Crippen LogP contribution in [0.2, 0.25) is 0 Å². The third-order valence-electron chi connectivity index (χ3n) is 3.02. The average molecular weight is 350 g/mol. The molecule has 0 aliphatic rings. The van der Waals surface area contributed by atoms with Crippen LogP contribution in [0.4, 0.5) is 5.82 Å². The number of ether oxygens (including phenoxy) is 1. The van der Waals surface area contributed by atoms with E-state index in [1.54, 1.807) is 7.11 Å². The Morgan fingerprint density at radius 2 is 1.81 bits per heavy atom. The van der Waals surface area contributed by atoms with Crippen LogP contribution in [0.25, 0.3) is 11.4 Å². The molecule has 0 saturated heterocycles. The Labute approximate surface area is 134 Å². The van der Waals surface area contributed by atoms with Crippen molar-refractivity contribution in [3.05, 3.63) is 39.5 Å². The van der Waals surface area contributed by atoms with E-state index in [0.29, 0.717) is 12.4 Å². The Bertz CT molecular complexity index is 596. The van der Waals surface area contributed by atoms with E-state index in [2.05, 4.69) is 63.3 Å². The Hall–Kier alpha value is -1.46. The molecule has 0 amide bonds. The topological polar surface area (TPSA) is 47.0 Å². The van der Waals surface area contributed by atoms with Crippen molar-refractivity contribution in [1.82, 2.24) is 9.97 Å². The third kappa shape index (κ3) is 3.80. The van der Waals surface area contributed by atoms with Crippen LogP contribution in [-0.2, 0) is 11.3 Å². The molecule has 0 aliphatic carbocycles. The standard InChI is InChI=1S/C16H20BrN3O/c1-5-18-16-14(17)13(9-21-4)19-15(20-16)12-7-10(2)6-11(3)8-12/h6-8H,5,9H2,1-4H3,(H,18,19,20). The number of methoxy groups -OCH3 is 1. The van der Waals surface area contributed by atoms with Gasteiger partial charge < -0.3 is 10.1 Å². The summed E-state index contributed by atoms with van der Waals surface area (Å²) < 4.78 is 6.09. The molecule has 1 heterocycles. The summed E-state index contributed by atoms with van der Waals surface area (Å²) in [6.07, 6.45) is 0. The first-order valence-electron chi connectivity index (χ1n) is 6.93. The second kappa shape index (κ2) is 7.00. The quantitative estimate of drug-likeness (QED) is 0.882. The van der Waals surface area contributed by atoms with Crippen LogP contribution in [0.1, 0.15) is 23.7 Å². The normalized spacial score (nSPS) is 10.7. The predicted molar refractivity (Wildman–Crippen MR) is 89.5 cm³/mol. The van der Waals surface area contributed by atoms with E-state index in [-0.39, 0.29) is 0 Å². The molecule has 1 aromatic carbocycles. The molecule has 2 rings (SSSR count). The number of nitrogens with one attached hydrogen (secondary N) is 1. The molecule has 0 bridgehead atoms. The zero-order chi connectivity index (χ0) is 15.4. The molecule has 112 valence electrons. The van der Waals surface area contributed by atoms with Gasteiger partial charge in [-0.05, 0) is 48.8 Å². The molecule has 1 aromatic heterocycles. The van der Waals surface area contributed by atoms with Crippen LogP contribution in [0, 0.1) is 13.8 Å². The van der Waals surface area contributed by atoms with Crippen LogP contribution < -0.4 is 5.32 Å². The second-order valence-electron chi connectivity index (χ2n) is 5.00. The fraction of sp³-hybridized carbons (Fsp3) is 0.375. The summed E-state index contributed by atoms with van der Waals surface area (Å²) in [7, 11) is 1.66. The fourth-order valence-electron chi connectivity index (χ4n) is 2.24. The molecule has 21 heavy (non-hydrogen) atoms. The van der Waals surface area contributed by atoms with Crippen molar-refractivity contribution in [2.75, 3.05) is 19.0 Å². The number of benzene rings is 1. The summed E-state index contributed by atoms with van der Waals surface area (Å²) in [6.45, 7) is 7.45. The Morgan fingerprint density at radius 3 is 2.38 bits per heavy atom. The largest absolute Gasteiger partial charge is 0.378 e. The highest BCUT2D eigenvalue weighted by Gasteiger charge is 2.13. The maximum atomic E-state index is 5.23. The lowest BCUT2D eigenvalue weighted by molar-refractivity contribution is 0.181. The van der Waals surface area contributed by atoms with E-state index >= 15 is 0 Å². The molecular weight excluding hydrogens is 330 g/mol. The maximum absolute atomic E-state index is 5.23. The molecule has 0 aliphatic heterocycles. The third-order valence-corrected chi connectivity index (χ3v) is 3.86. The first-order chi connectivity index (χ1) is 10.0. The average Bonchev–Trinajstić information content (AvgIpc) is 2.42. The number of nitrogens with zero attached hydrogens (tertiary/aromatic N) is 2. The first kappa shape index (κ1) is 15.9. The van der Waals surface area contributed by atoms with E-state index < -0.39 is 0 Å². The molecule has 4 nitrogen and oxygen atoms in total. The highest BCUT2D eigenvalue weighted by atomic mass is 79.9. The van der Waals surface area contributed by atoms with Crippen LogP contribution in [0.5, 0.6) is 0 Å². The van der Waals surface area contributed by atoms with Gasteiger partial charge in [-0.1, -0.05) is 17.2 Å². The van der Waals surface area contributed by atoms with Gasteiger partial charge in [-0.2, -0.15) is 0 Å². The molecule has 0 radical (unpaired) electrons. The minimum absolute atomic E-state index is 0.444. The summed E-state index contributed by atoms with van der Waals surface area (Å²) in [5.41, 5.74) is 4.28. The van der Waals surface area contributed by atoms with Crippen molar-refractivity contribution in [2.24, 2.45) is 0 Å². The van der Waals surface area contributed by atoms with Gasteiger partial charge >= 0.3 is 0 Å². The Morgan fingerprint density at radius 1 is 1.14 bits per heavy atom. The van der Waals surface area contributed by atoms with Gasteiger partial charge in [-0.15, -0.1) is 0 Å². The molecule has 5 heteroatoms. The molecule has 0 atom stereocenters. The van der Waals surface area contributed by atoms with Crippen LogP contribution in [0.15, 0.2) is 22.7 Å². The van der Waals surface area contributed by atoms with Gasteiger partial charge in [0.1, 0.15) is 5.82 Å². The maximum Gasteiger partial charge on any atom is 0.161 e. The van der Waals surface area contributed by atoms with E-state index in [4.69, 9.17) is 4.74 Å². The minimum atomic E-state index is 0.444. The van der Waals surface area contributed by atoms with Gasteiger partial charge in [0.15, 0.2) is 5.82 Å². The van der Waals surface area contributed by atoms with Crippen molar-refractivity contribution in [3.8, 4) is 11.4 Å². The van der Waals surface area contributed by atoms with E-state index in [9.17, 15) is 0 Å². The summed E-state index contributed by atoms with van der Waals surface area (Å²) in [5, 5.41) is 3.26. The SMILES string of the molecule is CCNc1nc(-c2cc(C)cc(C)c2)nc(COC)c1Br. The molecule has 1 N–H and O–H groups in total. The number of aryl methyl sites for hydroxylation is 2. The molecule has 0 saturated carbocycles. The predicted octanol–water partition coefficient (Wildman–Crippen LogP) is 4.10. The fourth-order valence-corrected chi connectivity index (χ4v) is 2.68. The molecule has 0 unspecified atom stereocenters. The molecule has 2 aromatic rings. The van der Waals surface area contributed by atoms with Crippen molar-refractivity contribution >= 4 is 21.7 Å². The van der Waals surface area contributed by atoms with Gasteiger partial charge in [0.2, 0.25) is 0 Å². The van der Waals surface area contributed by atoms with Crippen molar-refractivity contribution in [2.45, 2.75) is 27.4 Å². The number of aromatic nitrogens is 2. The second-order valence-corrected chi connectivity index (χ2v) is 5.79. The van der Waals surface area contributed by atoms with Crippen molar-refractivity contribution in [3.63, 3.8) is 0 Å². The van der Waals surface area contributed by atoms with Crippen molar-refractivity contribution < 1.29 is 4.74 Å². The van der Waals surface area contributed by atoms with Crippen LogP contribution >= 0.6 is 15.9 Å². The Kier molecular flexibility index (Phi) is 5.31. The molecular formula is C16H20BrN3O. The van der Waals surface area contributed by atoms with Gasteiger partial charge in [-0.25, -0.2) is 9.97 Å². The lowest BCUT2D eigenvalue weighted by Crippen LogP contribution is -2.07. The Balaban J connectivity index is 2.56. The summed E-state index contributed by atoms with van der Waals surface area (Å²) >= 11 is 3.55. The van der Waals surface area contributed by atoms with E-state index in [1.165, 1.54) is 11.1 Å². The number of hydrogen-bond donors (Lipinski definition) is 1. The smallest absolute Gasteiger partial charge is 0.161 e. The minimum Gasteiger partial charge on any atom is -0.378 e. The molecule has 0 fully saturated rings. The molecule has 0 spiro atoms. The summed E-state index contributed by atoms with van der Waals surface area (Å²) in [4.78, 5) is 9.27. The van der Waals surface area contributed by atoms with Crippen LogP contribution in [-0.4, -0.2) is 23.6 Å². The summed E-state index contributed by atoms with van der Waals surface area (Å²) in [5.74, 6) is 1.52. The number of halogens is 1. The van der Waals surface area contributed by atoms with Gasteiger partial charge in [0, 0.05) is 19.2 Å². The lowest BCUT2D eigenvalue weighted by Gasteiger charge is -2.12. The zero-order valence-electron chi connectivity index (χ0n) is 12.8. The highest BCUT2D eigenvalue weighted by Crippen LogP contribution is 2.28. The summed E-state index contributed by atoms with van der Waals surface area (Å²) in [6, 6.07) is 6.34. The number of hydrogen-bond acceptors (Lipinski definition) is 4. The highest BCUT2D eigenvalue weighted by molar-refractivity contribution is 9.10. The first-order valence-corrected chi connectivity index (χ1v) is 7.72. The van der Waals surface area contributed by atoms with Crippen LogP contribution in [0.3, 0.4) is 0 Å². The monoisotopic (exact) mass is 349 g/mol. The van der Waals surface area contributed by atoms with Gasteiger partial charge in [0.25, 0.3) is 0 Å².